The van der Waals surface area contributed by atoms with Gasteiger partial charge in [0.1, 0.15) is 5.75 Å². The molecule has 1 aliphatic heterocycles. The summed E-state index contributed by atoms with van der Waals surface area (Å²) in [7, 11) is 1.62. The molecule has 2 amide bonds. The van der Waals surface area contributed by atoms with Crippen molar-refractivity contribution in [3.8, 4) is 5.75 Å². The molecule has 27 heavy (non-hydrogen) atoms. The molecule has 1 heterocycles. The molecule has 1 fully saturated rings. The lowest BCUT2D eigenvalue weighted by Gasteiger charge is -2.32. The molecule has 6 heteroatoms. The fourth-order valence-electron chi connectivity index (χ4n) is 3.26. The number of amides is 2. The van der Waals surface area contributed by atoms with Crippen molar-refractivity contribution in [2.24, 2.45) is 5.92 Å². The Morgan fingerprint density at radius 3 is 2.70 bits per heavy atom. The molecule has 1 aliphatic rings. The van der Waals surface area contributed by atoms with Crippen LogP contribution in [0.15, 0.2) is 48.5 Å². The Bertz CT molecular complexity index is 807. The molecular formula is C21H23ClN2O3. The number of piperidine rings is 1. The van der Waals surface area contributed by atoms with E-state index >= 15 is 0 Å². The van der Waals surface area contributed by atoms with E-state index in [9.17, 15) is 9.59 Å². The number of likely N-dealkylation sites (tertiary alicyclic amines) is 1. The van der Waals surface area contributed by atoms with Crippen molar-refractivity contribution in [1.82, 2.24) is 10.2 Å². The number of hydrogen-bond donors (Lipinski definition) is 1. The van der Waals surface area contributed by atoms with Crippen LogP contribution in [-0.2, 0) is 11.3 Å². The largest absolute Gasteiger partial charge is 0.497 e. The standard InChI is InChI=1S/C21H23ClN2O3/c1-27-19-9-7-15(8-10-19)13-23-20(25)17-5-3-11-24(14-17)21(26)16-4-2-6-18(22)12-16/h2,4,6-10,12,17H,3,5,11,13-14H2,1H3,(H,23,25)/t17-/m1/s1. The maximum atomic E-state index is 12.7. The van der Waals surface area contributed by atoms with Gasteiger partial charge in [0.2, 0.25) is 5.91 Å². The topological polar surface area (TPSA) is 58.6 Å². The zero-order chi connectivity index (χ0) is 19.2. The molecule has 5 nitrogen and oxygen atoms in total. The molecule has 142 valence electrons. The van der Waals surface area contributed by atoms with Gasteiger partial charge < -0.3 is 15.0 Å². The van der Waals surface area contributed by atoms with Gasteiger partial charge in [-0.3, -0.25) is 9.59 Å². The molecule has 3 rings (SSSR count). The van der Waals surface area contributed by atoms with Crippen LogP contribution < -0.4 is 10.1 Å². The molecule has 0 saturated carbocycles. The van der Waals surface area contributed by atoms with Crippen molar-refractivity contribution < 1.29 is 14.3 Å². The lowest BCUT2D eigenvalue weighted by atomic mass is 9.96. The Kier molecular flexibility index (Phi) is 6.35. The Morgan fingerprint density at radius 2 is 2.00 bits per heavy atom. The van der Waals surface area contributed by atoms with Crippen LogP contribution in [0.5, 0.6) is 5.75 Å². The number of hydrogen-bond acceptors (Lipinski definition) is 3. The Balaban J connectivity index is 1.56. The number of carbonyl (C=O) groups excluding carboxylic acids is 2. The smallest absolute Gasteiger partial charge is 0.253 e. The summed E-state index contributed by atoms with van der Waals surface area (Å²) in [6.45, 7) is 1.55. The number of rotatable bonds is 5. The second-order valence-corrected chi connectivity index (χ2v) is 7.10. The predicted octanol–water partition coefficient (Wildman–Crippen LogP) is 3.52. The summed E-state index contributed by atoms with van der Waals surface area (Å²) >= 11 is 5.98. The van der Waals surface area contributed by atoms with Gasteiger partial charge >= 0.3 is 0 Å². The Labute approximate surface area is 164 Å². The van der Waals surface area contributed by atoms with E-state index in [0.717, 1.165) is 24.2 Å². The summed E-state index contributed by atoms with van der Waals surface area (Å²) in [6, 6.07) is 14.5. The van der Waals surface area contributed by atoms with Crippen LogP contribution in [0.1, 0.15) is 28.8 Å². The molecule has 1 saturated heterocycles. The van der Waals surface area contributed by atoms with Crippen LogP contribution >= 0.6 is 11.6 Å². The van der Waals surface area contributed by atoms with Gasteiger partial charge in [0.15, 0.2) is 0 Å². The van der Waals surface area contributed by atoms with Gasteiger partial charge in [0, 0.05) is 30.2 Å². The quantitative estimate of drug-likeness (QED) is 0.855. The van der Waals surface area contributed by atoms with Crippen LogP contribution in [0.4, 0.5) is 0 Å². The molecule has 0 unspecified atom stereocenters. The van der Waals surface area contributed by atoms with Crippen LogP contribution in [0.2, 0.25) is 5.02 Å². The van der Waals surface area contributed by atoms with Gasteiger partial charge in [-0.15, -0.1) is 0 Å². The van der Waals surface area contributed by atoms with Crippen LogP contribution in [-0.4, -0.2) is 36.9 Å². The first-order valence-corrected chi connectivity index (χ1v) is 9.40. The average molecular weight is 387 g/mol. The maximum absolute atomic E-state index is 12.7. The zero-order valence-corrected chi connectivity index (χ0v) is 16.0. The summed E-state index contributed by atoms with van der Waals surface area (Å²) in [5.41, 5.74) is 1.56. The SMILES string of the molecule is COc1ccc(CNC(=O)[C@@H]2CCCN(C(=O)c3cccc(Cl)c3)C2)cc1. The lowest BCUT2D eigenvalue weighted by molar-refractivity contribution is -0.126. The normalized spacial score (nSPS) is 16.7. The van der Waals surface area contributed by atoms with Crippen molar-refractivity contribution in [1.29, 1.82) is 0 Å². The third-order valence-corrected chi connectivity index (χ3v) is 5.01. The highest BCUT2D eigenvalue weighted by molar-refractivity contribution is 6.30. The van der Waals surface area contributed by atoms with Gasteiger partial charge in [-0.25, -0.2) is 0 Å². The first kappa shape index (κ1) is 19.2. The molecule has 0 bridgehead atoms. The fraction of sp³-hybridized carbons (Fsp3) is 0.333. The molecule has 2 aromatic carbocycles. The van der Waals surface area contributed by atoms with Gasteiger partial charge in [-0.1, -0.05) is 29.8 Å². The van der Waals surface area contributed by atoms with Crippen LogP contribution in [0, 0.1) is 5.92 Å². The number of halogens is 1. The van der Waals surface area contributed by atoms with Crippen molar-refractivity contribution in [3.63, 3.8) is 0 Å². The highest BCUT2D eigenvalue weighted by atomic mass is 35.5. The first-order chi connectivity index (χ1) is 13.1. The summed E-state index contributed by atoms with van der Waals surface area (Å²) < 4.78 is 5.13. The van der Waals surface area contributed by atoms with E-state index in [-0.39, 0.29) is 17.7 Å². The monoisotopic (exact) mass is 386 g/mol. The number of ether oxygens (including phenoxy) is 1. The molecule has 1 N–H and O–H groups in total. The first-order valence-electron chi connectivity index (χ1n) is 9.02. The molecule has 0 aliphatic carbocycles. The third kappa shape index (κ3) is 5.01. The van der Waals surface area contributed by atoms with E-state index in [1.165, 1.54) is 0 Å². The maximum Gasteiger partial charge on any atom is 0.253 e. The molecule has 0 spiro atoms. The molecule has 0 radical (unpaired) electrons. The number of nitrogens with zero attached hydrogens (tertiary/aromatic N) is 1. The number of methoxy groups -OCH3 is 1. The van der Waals surface area contributed by atoms with Gasteiger partial charge in [0.05, 0.1) is 13.0 Å². The summed E-state index contributed by atoms with van der Waals surface area (Å²) in [5.74, 6) is 0.493. The van der Waals surface area contributed by atoms with E-state index in [2.05, 4.69) is 5.32 Å². The van der Waals surface area contributed by atoms with Gasteiger partial charge in [0.25, 0.3) is 5.91 Å². The highest BCUT2D eigenvalue weighted by Crippen LogP contribution is 2.20. The fourth-order valence-corrected chi connectivity index (χ4v) is 3.45. The van der Waals surface area contributed by atoms with E-state index in [1.807, 2.05) is 24.3 Å². The average Bonchev–Trinajstić information content (AvgIpc) is 2.72. The second kappa shape index (κ2) is 8.91. The van der Waals surface area contributed by atoms with Crippen molar-refractivity contribution >= 4 is 23.4 Å². The molecule has 2 aromatic rings. The molecule has 1 atom stereocenters. The van der Waals surface area contributed by atoms with Gasteiger partial charge in [-0.2, -0.15) is 0 Å². The minimum absolute atomic E-state index is 0.0191. The molecular weight excluding hydrogens is 364 g/mol. The minimum Gasteiger partial charge on any atom is -0.497 e. The Hall–Kier alpha value is -2.53. The predicted molar refractivity (Wildman–Crippen MR) is 105 cm³/mol. The highest BCUT2D eigenvalue weighted by Gasteiger charge is 2.28. The minimum atomic E-state index is -0.194. The van der Waals surface area contributed by atoms with Crippen molar-refractivity contribution in [3.05, 3.63) is 64.7 Å². The van der Waals surface area contributed by atoms with E-state index in [4.69, 9.17) is 16.3 Å². The van der Waals surface area contributed by atoms with E-state index in [0.29, 0.717) is 30.2 Å². The number of nitrogens with one attached hydrogen (secondary N) is 1. The summed E-state index contributed by atoms with van der Waals surface area (Å²) in [4.78, 5) is 27.0. The van der Waals surface area contributed by atoms with Crippen molar-refractivity contribution in [2.75, 3.05) is 20.2 Å². The van der Waals surface area contributed by atoms with Crippen molar-refractivity contribution in [2.45, 2.75) is 19.4 Å². The van der Waals surface area contributed by atoms with Crippen LogP contribution in [0.3, 0.4) is 0 Å². The third-order valence-electron chi connectivity index (χ3n) is 4.78. The van der Waals surface area contributed by atoms with E-state index < -0.39 is 0 Å². The summed E-state index contributed by atoms with van der Waals surface area (Å²) in [5, 5.41) is 3.51. The number of carbonyl (C=O) groups is 2. The lowest BCUT2D eigenvalue weighted by Crippen LogP contribution is -2.45. The zero-order valence-electron chi connectivity index (χ0n) is 15.3. The molecule has 0 aromatic heterocycles. The Morgan fingerprint density at radius 1 is 1.22 bits per heavy atom. The number of benzene rings is 2. The van der Waals surface area contributed by atoms with Gasteiger partial charge in [-0.05, 0) is 48.7 Å². The van der Waals surface area contributed by atoms with Crippen LogP contribution in [0.25, 0.3) is 0 Å². The summed E-state index contributed by atoms with van der Waals surface area (Å²) in [6.07, 6.45) is 1.60. The van der Waals surface area contributed by atoms with E-state index in [1.54, 1.807) is 36.3 Å². The second-order valence-electron chi connectivity index (χ2n) is 6.67.